The van der Waals surface area contributed by atoms with Gasteiger partial charge in [-0.3, -0.25) is 0 Å². The van der Waals surface area contributed by atoms with Crippen LogP contribution in [-0.2, 0) is 17.3 Å². The van der Waals surface area contributed by atoms with Gasteiger partial charge < -0.3 is 4.74 Å². The molecule has 1 heterocycles. The van der Waals surface area contributed by atoms with E-state index >= 15 is 0 Å². The molecule has 116 valence electrons. The van der Waals surface area contributed by atoms with Crippen molar-refractivity contribution in [3.8, 4) is 11.5 Å². The van der Waals surface area contributed by atoms with E-state index in [9.17, 15) is 0 Å². The first kappa shape index (κ1) is 15.1. The molecule has 0 radical (unpaired) electrons. The highest BCUT2D eigenvalue weighted by Crippen LogP contribution is 2.46. The van der Waals surface area contributed by atoms with Gasteiger partial charge in [0.05, 0.1) is 0 Å². The topological polar surface area (TPSA) is 9.23 Å². The van der Waals surface area contributed by atoms with Gasteiger partial charge in [-0.05, 0) is 22.0 Å². The first-order valence-corrected chi connectivity index (χ1v) is 8.10. The van der Waals surface area contributed by atoms with Crippen LogP contribution in [0.15, 0.2) is 36.4 Å². The third kappa shape index (κ3) is 2.54. The van der Waals surface area contributed by atoms with Crippen molar-refractivity contribution in [2.45, 2.75) is 58.8 Å². The highest BCUT2D eigenvalue weighted by Gasteiger charge is 2.29. The zero-order valence-electron chi connectivity index (χ0n) is 14.6. The van der Waals surface area contributed by atoms with Gasteiger partial charge in [0.15, 0.2) is 0 Å². The van der Waals surface area contributed by atoms with E-state index in [-0.39, 0.29) is 10.8 Å². The Balaban J connectivity index is 2.17. The van der Waals surface area contributed by atoms with Gasteiger partial charge in [-0.15, -0.1) is 0 Å². The lowest BCUT2D eigenvalue weighted by Crippen LogP contribution is -2.19. The SMILES string of the molecule is CC(C)(C)c1cccc2c1Oc1c(cccc1C(C)(C)C)C2. The molecule has 1 heteroatoms. The Hall–Kier alpha value is -1.76. The molecule has 0 saturated heterocycles. The van der Waals surface area contributed by atoms with Crippen LogP contribution in [0.25, 0.3) is 0 Å². The Kier molecular flexibility index (Phi) is 3.36. The van der Waals surface area contributed by atoms with Gasteiger partial charge in [-0.2, -0.15) is 0 Å². The third-order valence-electron chi connectivity index (χ3n) is 4.39. The van der Waals surface area contributed by atoms with Gasteiger partial charge >= 0.3 is 0 Å². The van der Waals surface area contributed by atoms with E-state index in [1.165, 1.54) is 22.3 Å². The quantitative estimate of drug-likeness (QED) is 0.495. The number of ether oxygens (including phenoxy) is 1. The fraction of sp³-hybridized carbons (Fsp3) is 0.429. The molecule has 0 fully saturated rings. The summed E-state index contributed by atoms with van der Waals surface area (Å²) in [5.41, 5.74) is 5.34. The summed E-state index contributed by atoms with van der Waals surface area (Å²) in [6.45, 7) is 13.5. The van der Waals surface area contributed by atoms with Crippen LogP contribution >= 0.6 is 0 Å². The summed E-state index contributed by atoms with van der Waals surface area (Å²) in [4.78, 5) is 0. The van der Waals surface area contributed by atoms with E-state index in [1.54, 1.807) is 0 Å². The van der Waals surface area contributed by atoms with Crippen molar-refractivity contribution in [2.24, 2.45) is 0 Å². The van der Waals surface area contributed by atoms with Crippen molar-refractivity contribution in [1.82, 2.24) is 0 Å². The van der Waals surface area contributed by atoms with Crippen molar-refractivity contribution in [1.29, 1.82) is 0 Å². The van der Waals surface area contributed by atoms with Gasteiger partial charge in [0, 0.05) is 17.5 Å². The number of hydrogen-bond donors (Lipinski definition) is 0. The molecule has 0 N–H and O–H groups in total. The fourth-order valence-electron chi connectivity index (χ4n) is 3.18. The molecule has 0 amide bonds. The van der Waals surface area contributed by atoms with E-state index in [0.29, 0.717) is 0 Å². The molecule has 1 nitrogen and oxygen atoms in total. The molecule has 22 heavy (non-hydrogen) atoms. The minimum atomic E-state index is 0.0829. The lowest BCUT2D eigenvalue weighted by atomic mass is 9.81. The average Bonchev–Trinajstić information content (AvgIpc) is 2.41. The number of fused-ring (bicyclic) bond motifs is 2. The second-order valence-corrected chi connectivity index (χ2v) is 8.37. The van der Waals surface area contributed by atoms with Crippen molar-refractivity contribution in [3.05, 3.63) is 58.7 Å². The van der Waals surface area contributed by atoms with Crippen LogP contribution in [0.5, 0.6) is 11.5 Å². The van der Waals surface area contributed by atoms with Crippen LogP contribution in [0, 0.1) is 0 Å². The highest BCUT2D eigenvalue weighted by atomic mass is 16.5. The predicted molar refractivity (Wildman–Crippen MR) is 93.2 cm³/mol. The van der Waals surface area contributed by atoms with Crippen molar-refractivity contribution >= 4 is 0 Å². The zero-order valence-corrected chi connectivity index (χ0v) is 14.6. The van der Waals surface area contributed by atoms with Gasteiger partial charge in [0.2, 0.25) is 0 Å². The monoisotopic (exact) mass is 294 g/mol. The maximum atomic E-state index is 6.49. The molecule has 0 aliphatic carbocycles. The summed E-state index contributed by atoms with van der Waals surface area (Å²) < 4.78 is 6.49. The van der Waals surface area contributed by atoms with E-state index in [4.69, 9.17) is 4.74 Å². The fourth-order valence-corrected chi connectivity index (χ4v) is 3.18. The molecule has 0 saturated carbocycles. The second-order valence-electron chi connectivity index (χ2n) is 8.37. The molecule has 0 atom stereocenters. The minimum Gasteiger partial charge on any atom is -0.456 e. The maximum Gasteiger partial charge on any atom is 0.134 e. The van der Waals surface area contributed by atoms with Crippen LogP contribution in [0.1, 0.15) is 63.8 Å². The molecule has 2 aromatic carbocycles. The van der Waals surface area contributed by atoms with Crippen LogP contribution in [0.4, 0.5) is 0 Å². The predicted octanol–water partition coefficient (Wildman–Crippen LogP) is 5.98. The summed E-state index contributed by atoms with van der Waals surface area (Å²) in [7, 11) is 0. The highest BCUT2D eigenvalue weighted by molar-refractivity contribution is 5.58. The summed E-state index contributed by atoms with van der Waals surface area (Å²) in [6, 6.07) is 13.1. The molecular formula is C21H26O. The summed E-state index contributed by atoms with van der Waals surface area (Å²) in [5, 5.41) is 0. The number of benzene rings is 2. The summed E-state index contributed by atoms with van der Waals surface area (Å²) >= 11 is 0. The molecule has 3 rings (SSSR count). The Bertz CT molecular complexity index is 650. The lowest BCUT2D eigenvalue weighted by Gasteiger charge is -2.31. The van der Waals surface area contributed by atoms with Gasteiger partial charge in [0.1, 0.15) is 11.5 Å². The average molecular weight is 294 g/mol. The number of hydrogen-bond acceptors (Lipinski definition) is 1. The molecule has 2 aromatic rings. The lowest BCUT2D eigenvalue weighted by molar-refractivity contribution is 0.418. The summed E-state index contributed by atoms with van der Waals surface area (Å²) in [6.07, 6.45) is 0.957. The molecule has 1 aliphatic rings. The third-order valence-corrected chi connectivity index (χ3v) is 4.39. The molecule has 1 aliphatic heterocycles. The molecule has 0 unspecified atom stereocenters. The van der Waals surface area contributed by atoms with Crippen molar-refractivity contribution in [2.75, 3.05) is 0 Å². The standard InChI is InChI=1S/C21H26O/c1-20(2,3)16-11-7-9-14-13-15-10-8-12-17(21(4,5)6)19(15)22-18(14)16/h7-12H,13H2,1-6H3. The van der Waals surface area contributed by atoms with Crippen molar-refractivity contribution in [3.63, 3.8) is 0 Å². The Morgan fingerprint density at radius 2 is 1.09 bits per heavy atom. The smallest absolute Gasteiger partial charge is 0.134 e. The summed E-state index contributed by atoms with van der Waals surface area (Å²) in [5.74, 6) is 2.14. The Morgan fingerprint density at radius 1 is 0.682 bits per heavy atom. The Morgan fingerprint density at radius 3 is 1.45 bits per heavy atom. The van der Waals surface area contributed by atoms with Crippen molar-refractivity contribution < 1.29 is 4.74 Å². The first-order valence-electron chi connectivity index (χ1n) is 8.10. The zero-order chi connectivity index (χ0) is 16.1. The van der Waals surface area contributed by atoms with Gasteiger partial charge in [-0.25, -0.2) is 0 Å². The first-order chi connectivity index (χ1) is 10.2. The molecule has 0 bridgehead atoms. The normalized spacial score (nSPS) is 14.1. The molecular weight excluding hydrogens is 268 g/mol. The van der Waals surface area contributed by atoms with Gasteiger partial charge in [0.25, 0.3) is 0 Å². The van der Waals surface area contributed by atoms with E-state index in [0.717, 1.165) is 17.9 Å². The Labute approximate surface area is 134 Å². The number of rotatable bonds is 0. The second kappa shape index (κ2) is 4.87. The van der Waals surface area contributed by atoms with Gasteiger partial charge in [-0.1, -0.05) is 77.9 Å². The largest absolute Gasteiger partial charge is 0.456 e. The molecule has 0 aromatic heterocycles. The van der Waals surface area contributed by atoms with E-state index in [1.807, 2.05) is 0 Å². The minimum absolute atomic E-state index is 0.0829. The number of para-hydroxylation sites is 2. The maximum absolute atomic E-state index is 6.49. The van der Waals surface area contributed by atoms with E-state index in [2.05, 4.69) is 77.9 Å². The van der Waals surface area contributed by atoms with Crippen LogP contribution in [-0.4, -0.2) is 0 Å². The van der Waals surface area contributed by atoms with Crippen LogP contribution in [0.2, 0.25) is 0 Å². The van der Waals surface area contributed by atoms with Crippen LogP contribution < -0.4 is 4.74 Å². The van der Waals surface area contributed by atoms with E-state index < -0.39 is 0 Å². The van der Waals surface area contributed by atoms with Crippen LogP contribution in [0.3, 0.4) is 0 Å². The molecule has 0 spiro atoms.